The second-order valence-corrected chi connectivity index (χ2v) is 8.26. The van der Waals surface area contributed by atoms with Gasteiger partial charge in [-0.05, 0) is 65.7 Å². The molecule has 0 atom stereocenters. The molecule has 0 amide bonds. The second-order valence-electron chi connectivity index (χ2n) is 7.38. The Morgan fingerprint density at radius 3 is 2.33 bits per heavy atom. The third-order valence-electron chi connectivity index (χ3n) is 5.14. The summed E-state index contributed by atoms with van der Waals surface area (Å²) >= 11 is 12.4. The summed E-state index contributed by atoms with van der Waals surface area (Å²) in [5.74, 6) is 2.00. The van der Waals surface area contributed by atoms with Gasteiger partial charge in [0.05, 0.1) is 12.6 Å². The molecule has 0 aliphatic rings. The molecule has 2 aromatic heterocycles. The number of hydrogen-bond donors (Lipinski definition) is 1. The molecule has 0 spiro atoms. The van der Waals surface area contributed by atoms with Crippen molar-refractivity contribution in [3.8, 4) is 28.3 Å². The van der Waals surface area contributed by atoms with E-state index < -0.39 is 0 Å². The number of methoxy groups -OCH3 is 1. The number of nitrogens with zero attached hydrogens (tertiary/aromatic N) is 3. The zero-order valence-corrected chi connectivity index (χ0v) is 19.1. The van der Waals surface area contributed by atoms with E-state index in [0.29, 0.717) is 21.7 Å². The van der Waals surface area contributed by atoms with E-state index in [1.807, 2.05) is 48.5 Å². The minimum absolute atomic E-state index is 0.535. The summed E-state index contributed by atoms with van der Waals surface area (Å²) in [4.78, 5) is 13.8. The van der Waals surface area contributed by atoms with E-state index in [9.17, 15) is 0 Å². The normalized spacial score (nSPS) is 10.9. The lowest BCUT2D eigenvalue weighted by Gasteiger charge is -2.13. The largest absolute Gasteiger partial charge is 0.497 e. The van der Waals surface area contributed by atoms with Crippen LogP contribution in [0, 0.1) is 0 Å². The van der Waals surface area contributed by atoms with Crippen LogP contribution in [-0.2, 0) is 0 Å². The van der Waals surface area contributed by atoms with Gasteiger partial charge in [0.2, 0.25) is 0 Å². The molecule has 3 aromatic carbocycles. The lowest BCUT2D eigenvalue weighted by Crippen LogP contribution is -2.00. The SMILES string of the molecule is COc1cccc(-c2ccc3nc(-c4cccnc4)nc(Nc4cc(Cl)cc(Cl)c4)c3c2)c1. The number of ether oxygens (including phenoxy) is 1. The lowest BCUT2D eigenvalue weighted by molar-refractivity contribution is 0.415. The molecule has 0 aliphatic carbocycles. The number of rotatable bonds is 5. The third-order valence-corrected chi connectivity index (χ3v) is 5.58. The van der Waals surface area contributed by atoms with E-state index in [0.717, 1.165) is 39.0 Å². The van der Waals surface area contributed by atoms with Crippen LogP contribution in [0.5, 0.6) is 5.75 Å². The van der Waals surface area contributed by atoms with E-state index in [4.69, 9.17) is 37.9 Å². The highest BCUT2D eigenvalue weighted by Crippen LogP contribution is 2.33. The predicted octanol–water partition coefficient (Wildman–Crippen LogP) is 7.42. The Kier molecular flexibility index (Phi) is 5.82. The highest BCUT2D eigenvalue weighted by molar-refractivity contribution is 6.35. The van der Waals surface area contributed by atoms with Crippen LogP contribution >= 0.6 is 23.2 Å². The predicted molar refractivity (Wildman–Crippen MR) is 135 cm³/mol. The minimum Gasteiger partial charge on any atom is -0.497 e. The summed E-state index contributed by atoms with van der Waals surface area (Å²) in [7, 11) is 1.66. The van der Waals surface area contributed by atoms with Crippen molar-refractivity contribution in [2.75, 3.05) is 12.4 Å². The van der Waals surface area contributed by atoms with Gasteiger partial charge in [0.15, 0.2) is 5.82 Å². The molecule has 7 heteroatoms. The Labute approximate surface area is 201 Å². The van der Waals surface area contributed by atoms with Gasteiger partial charge in [0, 0.05) is 39.1 Å². The van der Waals surface area contributed by atoms with Gasteiger partial charge >= 0.3 is 0 Å². The van der Waals surface area contributed by atoms with Gasteiger partial charge < -0.3 is 10.1 Å². The van der Waals surface area contributed by atoms with Crippen molar-refractivity contribution in [3.05, 3.63) is 95.2 Å². The van der Waals surface area contributed by atoms with Crippen LogP contribution < -0.4 is 10.1 Å². The van der Waals surface area contributed by atoms with Gasteiger partial charge in [0.1, 0.15) is 11.6 Å². The Bertz CT molecular complexity index is 1440. The molecule has 1 N–H and O–H groups in total. The zero-order chi connectivity index (χ0) is 22.8. The molecule has 0 bridgehead atoms. The number of benzene rings is 3. The van der Waals surface area contributed by atoms with Crippen molar-refractivity contribution in [2.45, 2.75) is 0 Å². The van der Waals surface area contributed by atoms with Crippen LogP contribution in [0.15, 0.2) is 85.2 Å². The van der Waals surface area contributed by atoms with Gasteiger partial charge in [-0.25, -0.2) is 9.97 Å². The van der Waals surface area contributed by atoms with E-state index in [2.05, 4.69) is 16.4 Å². The van der Waals surface area contributed by atoms with Gasteiger partial charge in [-0.3, -0.25) is 4.98 Å². The standard InChI is InChI=1S/C26H18Cl2N4O/c1-33-22-6-2-4-16(10-22)17-7-8-24-23(11-17)26(30-21-13-19(27)12-20(28)14-21)32-25(31-24)18-5-3-9-29-15-18/h2-15H,1H3,(H,30,31,32). The Morgan fingerprint density at radius 2 is 1.58 bits per heavy atom. The average Bonchev–Trinajstić information content (AvgIpc) is 2.83. The fourth-order valence-electron chi connectivity index (χ4n) is 3.59. The highest BCUT2D eigenvalue weighted by atomic mass is 35.5. The van der Waals surface area contributed by atoms with Crippen LogP contribution in [0.4, 0.5) is 11.5 Å². The molecule has 33 heavy (non-hydrogen) atoms. The van der Waals surface area contributed by atoms with Gasteiger partial charge in [-0.1, -0.05) is 41.4 Å². The van der Waals surface area contributed by atoms with Crippen LogP contribution in [0.1, 0.15) is 0 Å². The molecule has 0 saturated heterocycles. The molecule has 0 radical (unpaired) electrons. The summed E-state index contributed by atoms with van der Waals surface area (Å²) < 4.78 is 5.39. The number of anilines is 2. The molecule has 0 fully saturated rings. The highest BCUT2D eigenvalue weighted by Gasteiger charge is 2.13. The van der Waals surface area contributed by atoms with Gasteiger partial charge in [-0.15, -0.1) is 0 Å². The maximum atomic E-state index is 6.22. The number of aromatic nitrogens is 3. The first kappa shape index (κ1) is 21.2. The molecular formula is C26H18Cl2N4O. The fraction of sp³-hybridized carbons (Fsp3) is 0.0385. The molecule has 2 heterocycles. The van der Waals surface area contributed by atoms with E-state index >= 15 is 0 Å². The van der Waals surface area contributed by atoms with Crippen molar-refractivity contribution in [1.29, 1.82) is 0 Å². The number of fused-ring (bicyclic) bond motifs is 1. The van der Waals surface area contributed by atoms with Crippen LogP contribution in [0.2, 0.25) is 10.0 Å². The molecule has 0 saturated carbocycles. The lowest BCUT2D eigenvalue weighted by atomic mass is 10.0. The number of pyridine rings is 1. The molecule has 162 valence electrons. The van der Waals surface area contributed by atoms with Crippen molar-refractivity contribution in [3.63, 3.8) is 0 Å². The first-order valence-electron chi connectivity index (χ1n) is 10.2. The number of halogens is 2. The quantitative estimate of drug-likeness (QED) is 0.288. The summed E-state index contributed by atoms with van der Waals surface area (Å²) in [6.45, 7) is 0. The maximum Gasteiger partial charge on any atom is 0.163 e. The first-order valence-corrected chi connectivity index (χ1v) is 10.9. The average molecular weight is 473 g/mol. The van der Waals surface area contributed by atoms with E-state index in [-0.39, 0.29) is 0 Å². The van der Waals surface area contributed by atoms with Crippen LogP contribution in [-0.4, -0.2) is 22.1 Å². The topological polar surface area (TPSA) is 59.9 Å². The van der Waals surface area contributed by atoms with E-state index in [1.165, 1.54) is 0 Å². The summed E-state index contributed by atoms with van der Waals surface area (Å²) in [5.41, 5.74) is 4.40. The van der Waals surface area contributed by atoms with E-state index in [1.54, 1.807) is 37.7 Å². The smallest absolute Gasteiger partial charge is 0.163 e. The summed E-state index contributed by atoms with van der Waals surface area (Å²) in [6.07, 6.45) is 3.46. The molecule has 5 rings (SSSR count). The minimum atomic E-state index is 0.535. The Morgan fingerprint density at radius 1 is 0.788 bits per heavy atom. The van der Waals surface area contributed by atoms with Crippen molar-refractivity contribution in [1.82, 2.24) is 15.0 Å². The summed E-state index contributed by atoms with van der Waals surface area (Å²) in [5, 5.41) is 5.31. The second kappa shape index (κ2) is 9.06. The molecule has 5 aromatic rings. The Hall–Kier alpha value is -3.67. The van der Waals surface area contributed by atoms with Crippen LogP contribution in [0.25, 0.3) is 33.4 Å². The molecule has 5 nitrogen and oxygen atoms in total. The summed E-state index contributed by atoms with van der Waals surface area (Å²) in [6, 6.07) is 23.1. The van der Waals surface area contributed by atoms with Crippen LogP contribution in [0.3, 0.4) is 0 Å². The molecule has 0 unspecified atom stereocenters. The van der Waals surface area contributed by atoms with Crippen molar-refractivity contribution in [2.24, 2.45) is 0 Å². The number of nitrogens with one attached hydrogen (secondary N) is 1. The fourth-order valence-corrected chi connectivity index (χ4v) is 4.12. The molecule has 0 aliphatic heterocycles. The van der Waals surface area contributed by atoms with Crippen molar-refractivity contribution < 1.29 is 4.74 Å². The molecular weight excluding hydrogens is 455 g/mol. The monoisotopic (exact) mass is 472 g/mol. The number of hydrogen-bond acceptors (Lipinski definition) is 5. The van der Waals surface area contributed by atoms with Crippen molar-refractivity contribution >= 4 is 45.6 Å². The third kappa shape index (κ3) is 4.60. The zero-order valence-electron chi connectivity index (χ0n) is 17.6. The first-order chi connectivity index (χ1) is 16.1. The van der Waals surface area contributed by atoms with Gasteiger partial charge in [-0.2, -0.15) is 0 Å². The maximum absolute atomic E-state index is 6.22. The Balaban J connectivity index is 1.68. The van der Waals surface area contributed by atoms with Gasteiger partial charge in [0.25, 0.3) is 0 Å².